The van der Waals surface area contributed by atoms with Gasteiger partial charge in [-0.25, -0.2) is 0 Å². The molecule has 5 nitrogen and oxygen atoms in total. The van der Waals surface area contributed by atoms with E-state index in [2.05, 4.69) is 12.7 Å². The van der Waals surface area contributed by atoms with Gasteiger partial charge in [0.15, 0.2) is 11.6 Å². The number of hydrogen-bond acceptors (Lipinski definition) is 5. The zero-order valence-corrected chi connectivity index (χ0v) is 21.9. The van der Waals surface area contributed by atoms with Gasteiger partial charge in [0.25, 0.3) is 0 Å². The second-order valence-electron chi connectivity index (χ2n) is 11.3. The molecule has 4 aliphatic rings. The molecule has 6 unspecified atom stereocenters. The van der Waals surface area contributed by atoms with Gasteiger partial charge >= 0.3 is 0 Å². The second kappa shape index (κ2) is 12.0. The predicted octanol–water partition coefficient (Wildman–Crippen LogP) is 6.13. The van der Waals surface area contributed by atoms with E-state index in [0.29, 0.717) is 31.3 Å². The summed E-state index contributed by atoms with van der Waals surface area (Å²) in [5.41, 5.74) is 1.72. The van der Waals surface area contributed by atoms with Crippen LogP contribution in [0.1, 0.15) is 84.5 Å². The standard InChI is InChI=1S/C30H44O5/c1-19(2)18-34-26-16-14-24-28(32)20(3)29(22-10-6-5-7-11-22)35-30(24)27(26)25(31)15-13-21-9-8-12-23(17-21)33-4/h13,15,21-24,26-27,30H,1,5-12,14,16-18H2,2-4H3. The molecule has 0 amide bonds. The van der Waals surface area contributed by atoms with Crippen LogP contribution in [0.5, 0.6) is 0 Å². The lowest BCUT2D eigenvalue weighted by Gasteiger charge is -2.45. The van der Waals surface area contributed by atoms with Crippen LogP contribution in [0.3, 0.4) is 0 Å². The predicted molar refractivity (Wildman–Crippen MR) is 137 cm³/mol. The van der Waals surface area contributed by atoms with Gasteiger partial charge in [-0.05, 0) is 70.8 Å². The van der Waals surface area contributed by atoms with Crippen molar-refractivity contribution in [2.75, 3.05) is 13.7 Å². The van der Waals surface area contributed by atoms with E-state index in [4.69, 9.17) is 14.2 Å². The SMILES string of the molecule is C=C(C)COC1CCC2C(=O)C(C)=C(C3CCCCC3)OC2C1C(=O)C=CC1CCCC(OC)C1. The Morgan fingerprint density at radius 3 is 2.57 bits per heavy atom. The fourth-order valence-corrected chi connectivity index (χ4v) is 6.68. The normalized spacial score (nSPS) is 34.5. The van der Waals surface area contributed by atoms with Gasteiger partial charge in [0.1, 0.15) is 11.9 Å². The van der Waals surface area contributed by atoms with E-state index in [1.807, 2.05) is 13.8 Å². The van der Waals surface area contributed by atoms with Crippen molar-refractivity contribution in [3.8, 4) is 0 Å². The van der Waals surface area contributed by atoms with Crippen molar-refractivity contribution in [3.63, 3.8) is 0 Å². The van der Waals surface area contributed by atoms with E-state index < -0.39 is 12.0 Å². The summed E-state index contributed by atoms with van der Waals surface area (Å²) in [5, 5.41) is 0. The van der Waals surface area contributed by atoms with Crippen molar-refractivity contribution in [3.05, 3.63) is 35.6 Å². The Labute approximate surface area is 211 Å². The number of carbonyl (C=O) groups is 2. The van der Waals surface area contributed by atoms with E-state index in [9.17, 15) is 9.59 Å². The first kappa shape index (κ1) is 26.3. The minimum atomic E-state index is -0.471. The van der Waals surface area contributed by atoms with Crippen molar-refractivity contribution in [1.29, 1.82) is 0 Å². The Morgan fingerprint density at radius 1 is 1.09 bits per heavy atom. The summed E-state index contributed by atoms with van der Waals surface area (Å²) in [6.07, 6.45) is 14.7. The Balaban J connectivity index is 1.57. The van der Waals surface area contributed by atoms with Crippen LogP contribution in [-0.4, -0.2) is 43.6 Å². The van der Waals surface area contributed by atoms with Gasteiger partial charge in [-0.15, -0.1) is 0 Å². The van der Waals surface area contributed by atoms with Crippen molar-refractivity contribution in [1.82, 2.24) is 0 Å². The number of Topliss-reactive ketones (excluding diaryl/α,β-unsaturated/α-hetero) is 1. The average molecular weight is 485 g/mol. The molecule has 35 heavy (non-hydrogen) atoms. The second-order valence-corrected chi connectivity index (χ2v) is 11.3. The minimum Gasteiger partial charge on any atom is -0.492 e. The summed E-state index contributed by atoms with van der Waals surface area (Å²) >= 11 is 0. The number of methoxy groups -OCH3 is 1. The Morgan fingerprint density at radius 2 is 1.86 bits per heavy atom. The van der Waals surface area contributed by atoms with Crippen LogP contribution in [-0.2, 0) is 23.8 Å². The largest absolute Gasteiger partial charge is 0.492 e. The molecule has 0 saturated heterocycles. The first-order chi connectivity index (χ1) is 16.9. The molecule has 1 heterocycles. The molecule has 3 saturated carbocycles. The summed E-state index contributed by atoms with van der Waals surface area (Å²) < 4.78 is 18.5. The molecule has 0 radical (unpaired) electrons. The number of ketones is 2. The van der Waals surface area contributed by atoms with Crippen LogP contribution in [0, 0.1) is 23.7 Å². The number of rotatable bonds is 8. The fraction of sp³-hybridized carbons (Fsp3) is 0.733. The van der Waals surface area contributed by atoms with Crippen molar-refractivity contribution < 1.29 is 23.8 Å². The molecule has 0 N–H and O–H groups in total. The zero-order chi connectivity index (χ0) is 24.9. The summed E-state index contributed by atoms with van der Waals surface area (Å²) in [5.74, 6) is 0.973. The lowest BCUT2D eigenvalue weighted by atomic mass is 9.69. The van der Waals surface area contributed by atoms with Crippen LogP contribution in [0.25, 0.3) is 0 Å². The first-order valence-electron chi connectivity index (χ1n) is 13.8. The number of carbonyl (C=O) groups excluding carboxylic acids is 2. The Kier molecular flexibility index (Phi) is 9.04. The highest BCUT2D eigenvalue weighted by Crippen LogP contribution is 2.44. The lowest BCUT2D eigenvalue weighted by Crippen LogP contribution is -2.53. The minimum absolute atomic E-state index is 0.0290. The summed E-state index contributed by atoms with van der Waals surface area (Å²) in [4.78, 5) is 27.2. The van der Waals surface area contributed by atoms with Gasteiger partial charge in [0, 0.05) is 18.6 Å². The zero-order valence-electron chi connectivity index (χ0n) is 21.9. The third kappa shape index (κ3) is 6.17. The van der Waals surface area contributed by atoms with Crippen LogP contribution >= 0.6 is 0 Å². The smallest absolute Gasteiger partial charge is 0.168 e. The molecular weight excluding hydrogens is 440 g/mol. The van der Waals surface area contributed by atoms with E-state index in [-0.39, 0.29) is 29.7 Å². The molecule has 0 spiro atoms. The van der Waals surface area contributed by atoms with E-state index in [0.717, 1.165) is 55.4 Å². The lowest BCUT2D eigenvalue weighted by molar-refractivity contribution is -0.152. The average Bonchev–Trinajstić information content (AvgIpc) is 2.88. The van der Waals surface area contributed by atoms with E-state index in [1.165, 1.54) is 19.3 Å². The molecule has 194 valence electrons. The molecule has 0 aromatic rings. The van der Waals surface area contributed by atoms with Crippen LogP contribution in [0.2, 0.25) is 0 Å². The number of fused-ring (bicyclic) bond motifs is 1. The molecule has 3 fully saturated rings. The molecular formula is C30H44O5. The van der Waals surface area contributed by atoms with Gasteiger partial charge in [0.05, 0.1) is 30.7 Å². The van der Waals surface area contributed by atoms with Crippen LogP contribution < -0.4 is 0 Å². The number of allylic oxidation sites excluding steroid dienone is 4. The van der Waals surface area contributed by atoms with Crippen LogP contribution in [0.15, 0.2) is 35.6 Å². The maximum atomic E-state index is 13.7. The first-order valence-corrected chi connectivity index (χ1v) is 13.8. The molecule has 0 bridgehead atoms. The number of ether oxygens (including phenoxy) is 3. The molecule has 5 heteroatoms. The molecule has 3 aliphatic carbocycles. The summed E-state index contributed by atoms with van der Waals surface area (Å²) in [7, 11) is 1.77. The van der Waals surface area contributed by atoms with Gasteiger partial charge in [-0.3, -0.25) is 9.59 Å². The van der Waals surface area contributed by atoms with Gasteiger partial charge in [0.2, 0.25) is 0 Å². The highest BCUT2D eigenvalue weighted by Gasteiger charge is 2.51. The monoisotopic (exact) mass is 484 g/mol. The van der Waals surface area contributed by atoms with Crippen molar-refractivity contribution in [2.45, 2.75) is 103 Å². The highest BCUT2D eigenvalue weighted by molar-refractivity contribution is 6.00. The fourth-order valence-electron chi connectivity index (χ4n) is 6.68. The maximum absolute atomic E-state index is 13.7. The topological polar surface area (TPSA) is 61.8 Å². The molecule has 1 aliphatic heterocycles. The maximum Gasteiger partial charge on any atom is 0.168 e. The molecule has 0 aromatic heterocycles. The molecule has 6 atom stereocenters. The van der Waals surface area contributed by atoms with Crippen molar-refractivity contribution >= 4 is 11.6 Å². The van der Waals surface area contributed by atoms with Crippen molar-refractivity contribution in [2.24, 2.45) is 23.7 Å². The van der Waals surface area contributed by atoms with Gasteiger partial charge in [-0.2, -0.15) is 0 Å². The summed E-state index contributed by atoms with van der Waals surface area (Å²) in [6, 6.07) is 0. The molecule has 0 aromatic carbocycles. The quantitative estimate of drug-likeness (QED) is 0.306. The third-order valence-electron chi connectivity index (χ3n) is 8.63. The summed E-state index contributed by atoms with van der Waals surface area (Å²) in [6.45, 7) is 8.26. The van der Waals surface area contributed by atoms with Crippen LogP contribution in [0.4, 0.5) is 0 Å². The van der Waals surface area contributed by atoms with E-state index in [1.54, 1.807) is 13.2 Å². The van der Waals surface area contributed by atoms with E-state index >= 15 is 0 Å². The Hall–Kier alpha value is -1.72. The number of hydrogen-bond donors (Lipinski definition) is 0. The Bertz CT molecular complexity index is 849. The molecule has 4 rings (SSSR count). The third-order valence-corrected chi connectivity index (χ3v) is 8.63. The highest BCUT2D eigenvalue weighted by atomic mass is 16.5. The van der Waals surface area contributed by atoms with Gasteiger partial charge < -0.3 is 14.2 Å². The van der Waals surface area contributed by atoms with Gasteiger partial charge in [-0.1, -0.05) is 43.9 Å².